The lowest BCUT2D eigenvalue weighted by molar-refractivity contribution is -0.121. The summed E-state index contributed by atoms with van der Waals surface area (Å²) in [5, 5.41) is 6.33. The Balaban J connectivity index is 1.66. The third-order valence-electron chi connectivity index (χ3n) is 2.66. The summed E-state index contributed by atoms with van der Waals surface area (Å²) in [6.45, 7) is 2.56. The summed E-state index contributed by atoms with van der Waals surface area (Å²) in [4.78, 5) is 19.5. The number of aryl methyl sites for hydroxylation is 1. The lowest BCUT2D eigenvalue weighted by Gasteiger charge is -2.06. The normalized spacial score (nSPS) is 14.3. The van der Waals surface area contributed by atoms with Crippen LogP contribution in [-0.2, 0) is 4.79 Å². The lowest BCUT2D eigenvalue weighted by atomic mass is 10.3. The molecule has 1 amide bonds. The standard InChI is InChI=1S/C12H17ClN4O/c1-8-7-10(17-12(13)15-8)14-6-2-3-11(18)16-9-4-5-9/h7,9H,2-6H2,1H3,(H,16,18)(H,14,15,17). The van der Waals surface area contributed by atoms with E-state index in [9.17, 15) is 4.79 Å². The smallest absolute Gasteiger partial charge is 0.224 e. The summed E-state index contributed by atoms with van der Waals surface area (Å²) < 4.78 is 0. The molecule has 2 N–H and O–H groups in total. The molecular weight excluding hydrogens is 252 g/mol. The first-order chi connectivity index (χ1) is 8.63. The molecule has 0 aliphatic heterocycles. The van der Waals surface area contributed by atoms with Gasteiger partial charge in [0.05, 0.1) is 0 Å². The minimum Gasteiger partial charge on any atom is -0.370 e. The van der Waals surface area contributed by atoms with Gasteiger partial charge in [0, 0.05) is 30.8 Å². The van der Waals surface area contributed by atoms with Crippen LogP contribution in [-0.4, -0.2) is 28.5 Å². The molecule has 0 bridgehead atoms. The van der Waals surface area contributed by atoms with Crippen LogP contribution in [0.3, 0.4) is 0 Å². The maximum atomic E-state index is 11.4. The number of amides is 1. The van der Waals surface area contributed by atoms with E-state index < -0.39 is 0 Å². The summed E-state index contributed by atoms with van der Waals surface area (Å²) in [5.41, 5.74) is 0.823. The van der Waals surface area contributed by atoms with E-state index in [1.54, 1.807) is 0 Å². The molecule has 0 spiro atoms. The van der Waals surface area contributed by atoms with Gasteiger partial charge in [0.25, 0.3) is 0 Å². The number of anilines is 1. The van der Waals surface area contributed by atoms with Crippen LogP contribution in [0, 0.1) is 6.92 Å². The van der Waals surface area contributed by atoms with Gasteiger partial charge in [-0.1, -0.05) is 0 Å². The van der Waals surface area contributed by atoms with Gasteiger partial charge in [0.15, 0.2) is 0 Å². The Kier molecular flexibility index (Phi) is 4.36. The molecule has 1 aromatic rings. The molecule has 0 atom stereocenters. The van der Waals surface area contributed by atoms with Crippen molar-refractivity contribution in [2.75, 3.05) is 11.9 Å². The predicted octanol–water partition coefficient (Wildman–Crippen LogP) is 1.91. The van der Waals surface area contributed by atoms with E-state index in [-0.39, 0.29) is 11.2 Å². The fourth-order valence-corrected chi connectivity index (χ4v) is 1.84. The summed E-state index contributed by atoms with van der Waals surface area (Å²) >= 11 is 5.75. The first-order valence-corrected chi connectivity index (χ1v) is 6.56. The average molecular weight is 269 g/mol. The maximum absolute atomic E-state index is 11.4. The van der Waals surface area contributed by atoms with Gasteiger partial charge in [-0.25, -0.2) is 9.97 Å². The number of rotatable bonds is 6. The van der Waals surface area contributed by atoms with Crippen LogP contribution >= 0.6 is 11.6 Å². The Hall–Kier alpha value is -1.36. The van der Waals surface area contributed by atoms with Crippen molar-refractivity contribution in [1.82, 2.24) is 15.3 Å². The maximum Gasteiger partial charge on any atom is 0.224 e. The Morgan fingerprint density at radius 1 is 1.50 bits per heavy atom. The van der Waals surface area contributed by atoms with E-state index in [1.807, 2.05) is 13.0 Å². The van der Waals surface area contributed by atoms with Crippen molar-refractivity contribution in [3.63, 3.8) is 0 Å². The average Bonchev–Trinajstić information content (AvgIpc) is 3.07. The van der Waals surface area contributed by atoms with Gasteiger partial charge in [-0.3, -0.25) is 4.79 Å². The minimum absolute atomic E-state index is 0.135. The zero-order valence-electron chi connectivity index (χ0n) is 10.4. The van der Waals surface area contributed by atoms with Gasteiger partial charge >= 0.3 is 0 Å². The number of nitrogens with one attached hydrogen (secondary N) is 2. The second kappa shape index (κ2) is 6.00. The number of hydrogen-bond donors (Lipinski definition) is 2. The van der Waals surface area contributed by atoms with Crippen LogP contribution in [0.2, 0.25) is 5.28 Å². The molecule has 5 nitrogen and oxygen atoms in total. The molecule has 18 heavy (non-hydrogen) atoms. The number of nitrogens with zero attached hydrogens (tertiary/aromatic N) is 2. The Bertz CT molecular complexity index is 414. The fourth-order valence-electron chi connectivity index (χ4n) is 1.62. The molecule has 6 heteroatoms. The van der Waals surface area contributed by atoms with Crippen LogP contribution in [0.5, 0.6) is 0 Å². The Morgan fingerprint density at radius 3 is 2.94 bits per heavy atom. The Morgan fingerprint density at radius 2 is 2.28 bits per heavy atom. The SMILES string of the molecule is Cc1cc(NCCCC(=O)NC2CC2)nc(Cl)n1. The van der Waals surface area contributed by atoms with Gasteiger partial charge in [0.2, 0.25) is 11.2 Å². The molecule has 0 unspecified atom stereocenters. The topological polar surface area (TPSA) is 66.9 Å². The van der Waals surface area contributed by atoms with Crippen molar-refractivity contribution < 1.29 is 4.79 Å². The molecular formula is C12H17ClN4O. The number of hydrogen-bond acceptors (Lipinski definition) is 4. The van der Waals surface area contributed by atoms with Crippen LogP contribution in [0.1, 0.15) is 31.4 Å². The van der Waals surface area contributed by atoms with Gasteiger partial charge in [0.1, 0.15) is 5.82 Å². The highest BCUT2D eigenvalue weighted by molar-refractivity contribution is 6.28. The van der Waals surface area contributed by atoms with E-state index in [0.29, 0.717) is 24.8 Å². The van der Waals surface area contributed by atoms with Crippen molar-refractivity contribution in [2.24, 2.45) is 0 Å². The molecule has 1 aliphatic rings. The zero-order valence-corrected chi connectivity index (χ0v) is 11.1. The zero-order chi connectivity index (χ0) is 13.0. The third kappa shape index (κ3) is 4.49. The summed E-state index contributed by atoms with van der Waals surface area (Å²) in [7, 11) is 0. The number of halogens is 1. The first kappa shape index (κ1) is 13.1. The minimum atomic E-state index is 0.135. The van der Waals surface area contributed by atoms with E-state index in [0.717, 1.165) is 25.0 Å². The quantitative estimate of drug-likeness (QED) is 0.611. The van der Waals surface area contributed by atoms with Crippen LogP contribution in [0.4, 0.5) is 5.82 Å². The molecule has 2 rings (SSSR count). The molecule has 1 aromatic heterocycles. The van der Waals surface area contributed by atoms with Crippen molar-refractivity contribution in [3.8, 4) is 0 Å². The number of carbonyl (C=O) groups is 1. The van der Waals surface area contributed by atoms with Gasteiger partial charge in [-0.15, -0.1) is 0 Å². The molecule has 0 radical (unpaired) electrons. The molecule has 1 fully saturated rings. The molecule has 1 heterocycles. The molecule has 1 aliphatic carbocycles. The van der Waals surface area contributed by atoms with E-state index in [2.05, 4.69) is 20.6 Å². The van der Waals surface area contributed by atoms with Crippen molar-refractivity contribution in [3.05, 3.63) is 17.0 Å². The number of carbonyl (C=O) groups excluding carboxylic acids is 1. The van der Waals surface area contributed by atoms with E-state index >= 15 is 0 Å². The summed E-state index contributed by atoms with van der Waals surface area (Å²) in [6.07, 6.45) is 3.58. The van der Waals surface area contributed by atoms with Crippen LogP contribution in [0.15, 0.2) is 6.07 Å². The van der Waals surface area contributed by atoms with Crippen molar-refractivity contribution in [1.29, 1.82) is 0 Å². The first-order valence-electron chi connectivity index (χ1n) is 6.18. The van der Waals surface area contributed by atoms with Gasteiger partial charge in [-0.2, -0.15) is 0 Å². The van der Waals surface area contributed by atoms with E-state index in [4.69, 9.17) is 11.6 Å². The molecule has 98 valence electrons. The number of aromatic nitrogens is 2. The van der Waals surface area contributed by atoms with Gasteiger partial charge < -0.3 is 10.6 Å². The van der Waals surface area contributed by atoms with E-state index in [1.165, 1.54) is 0 Å². The molecule has 0 saturated heterocycles. The third-order valence-corrected chi connectivity index (χ3v) is 2.83. The predicted molar refractivity (Wildman–Crippen MR) is 70.7 cm³/mol. The summed E-state index contributed by atoms with van der Waals surface area (Å²) in [6, 6.07) is 2.27. The van der Waals surface area contributed by atoms with Gasteiger partial charge in [-0.05, 0) is 37.8 Å². The largest absolute Gasteiger partial charge is 0.370 e. The lowest BCUT2D eigenvalue weighted by Crippen LogP contribution is -2.25. The summed E-state index contributed by atoms with van der Waals surface area (Å²) in [5.74, 6) is 0.839. The fraction of sp³-hybridized carbons (Fsp3) is 0.583. The highest BCUT2D eigenvalue weighted by atomic mass is 35.5. The molecule has 1 saturated carbocycles. The van der Waals surface area contributed by atoms with Crippen molar-refractivity contribution in [2.45, 2.75) is 38.6 Å². The monoisotopic (exact) mass is 268 g/mol. The molecule has 0 aromatic carbocycles. The van der Waals surface area contributed by atoms with Crippen LogP contribution < -0.4 is 10.6 Å². The second-order valence-corrected chi connectivity index (χ2v) is 4.87. The van der Waals surface area contributed by atoms with Crippen molar-refractivity contribution >= 4 is 23.3 Å². The Labute approximate surface area is 111 Å². The highest BCUT2D eigenvalue weighted by Crippen LogP contribution is 2.18. The highest BCUT2D eigenvalue weighted by Gasteiger charge is 2.22. The second-order valence-electron chi connectivity index (χ2n) is 4.54. The van der Waals surface area contributed by atoms with Crippen LogP contribution in [0.25, 0.3) is 0 Å².